The van der Waals surface area contributed by atoms with Gasteiger partial charge in [0.1, 0.15) is 12.1 Å². The zero-order chi connectivity index (χ0) is 14.5. The minimum atomic E-state index is -4.86. The Kier molecular flexibility index (Phi) is 4.73. The Hall–Kier alpha value is -2.26. The molecule has 1 rings (SSSR count). The van der Waals surface area contributed by atoms with Crippen molar-refractivity contribution in [2.24, 2.45) is 5.10 Å². The Morgan fingerprint density at radius 1 is 1.32 bits per heavy atom. The minimum absolute atomic E-state index is 0.144. The average molecular weight is 333 g/mol. The van der Waals surface area contributed by atoms with E-state index < -0.39 is 17.8 Å². The number of anilines is 1. The molecule has 0 aliphatic heterocycles. The van der Waals surface area contributed by atoms with Crippen molar-refractivity contribution >= 4 is 27.3 Å². The van der Waals surface area contributed by atoms with Gasteiger partial charge in [-0.25, -0.2) is 0 Å². The summed E-state index contributed by atoms with van der Waals surface area (Å²) in [6.07, 6.45) is -4.86. The number of hydrogen-bond donors (Lipinski definition) is 1. The van der Waals surface area contributed by atoms with E-state index in [1.54, 1.807) is 0 Å². The van der Waals surface area contributed by atoms with E-state index in [2.05, 4.69) is 31.2 Å². The van der Waals surface area contributed by atoms with Crippen molar-refractivity contribution in [3.05, 3.63) is 22.7 Å². The molecule has 0 aliphatic carbocycles. The number of hydrogen-bond acceptors (Lipinski definition) is 5. The van der Waals surface area contributed by atoms with E-state index in [9.17, 15) is 13.2 Å². The summed E-state index contributed by atoms with van der Waals surface area (Å²) in [6.45, 7) is 0. The summed E-state index contributed by atoms with van der Waals surface area (Å²) in [5.41, 5.74) is 1.49. The van der Waals surface area contributed by atoms with Crippen molar-refractivity contribution < 1.29 is 17.9 Å². The second kappa shape index (κ2) is 6.07. The van der Waals surface area contributed by atoms with E-state index in [4.69, 9.17) is 10.5 Å². The predicted molar refractivity (Wildman–Crippen MR) is 63.1 cm³/mol. The summed E-state index contributed by atoms with van der Waals surface area (Å²) < 4.78 is 40.7. The minimum Gasteiger partial charge on any atom is -0.404 e. The molecule has 0 saturated carbocycles. The van der Waals surface area contributed by atoms with Crippen molar-refractivity contribution in [3.63, 3.8) is 0 Å². The van der Waals surface area contributed by atoms with E-state index in [1.165, 1.54) is 24.3 Å². The lowest BCUT2D eigenvalue weighted by Gasteiger charge is -2.12. The molecule has 1 aromatic carbocycles. The van der Waals surface area contributed by atoms with Gasteiger partial charge < -0.3 is 4.74 Å². The van der Waals surface area contributed by atoms with Gasteiger partial charge in [-0.05, 0) is 18.2 Å². The van der Waals surface area contributed by atoms with Crippen LogP contribution in [0, 0.1) is 22.7 Å². The number of nitrogens with one attached hydrogen (secondary N) is 1. The summed E-state index contributed by atoms with van der Waals surface area (Å²) in [5, 5.41) is 20.2. The maximum absolute atomic E-state index is 12.2. The molecule has 0 radical (unpaired) electrons. The molecule has 1 N–H and O–H groups in total. The first-order valence-electron chi connectivity index (χ1n) is 4.55. The van der Waals surface area contributed by atoms with Crippen LogP contribution in [-0.4, -0.2) is 12.1 Å². The van der Waals surface area contributed by atoms with Crippen molar-refractivity contribution in [3.8, 4) is 17.9 Å². The molecule has 0 fully saturated rings. The van der Waals surface area contributed by atoms with Crippen molar-refractivity contribution in [2.75, 3.05) is 5.43 Å². The molecule has 0 amide bonds. The molecule has 5 nitrogen and oxygen atoms in total. The molecule has 0 saturated heterocycles. The smallest absolute Gasteiger partial charge is 0.404 e. The first-order valence-corrected chi connectivity index (χ1v) is 5.34. The number of nitriles is 2. The molecule has 19 heavy (non-hydrogen) atoms. The van der Waals surface area contributed by atoms with Crippen molar-refractivity contribution in [2.45, 2.75) is 6.36 Å². The van der Waals surface area contributed by atoms with Gasteiger partial charge in [0.15, 0.2) is 5.75 Å². The normalized spacial score (nSPS) is 10.0. The maximum atomic E-state index is 12.2. The second-order valence-corrected chi connectivity index (χ2v) is 3.90. The molecule has 9 heteroatoms. The van der Waals surface area contributed by atoms with E-state index >= 15 is 0 Å². The molecular formula is C10H4BrF3N4O. The van der Waals surface area contributed by atoms with Crippen LogP contribution in [0.25, 0.3) is 0 Å². The SMILES string of the molecule is N#CC(C#N)=NNc1cc(Br)ccc1OC(F)(F)F. The number of rotatable bonds is 3. The lowest BCUT2D eigenvalue weighted by Crippen LogP contribution is -2.18. The summed E-state index contributed by atoms with van der Waals surface area (Å²) >= 11 is 3.06. The van der Waals surface area contributed by atoms with Gasteiger partial charge in [-0.1, -0.05) is 15.9 Å². The topological polar surface area (TPSA) is 81.2 Å². The third kappa shape index (κ3) is 4.85. The van der Waals surface area contributed by atoms with Crippen LogP contribution >= 0.6 is 15.9 Å². The predicted octanol–water partition coefficient (Wildman–Crippen LogP) is 3.16. The maximum Gasteiger partial charge on any atom is 0.573 e. The van der Waals surface area contributed by atoms with Gasteiger partial charge in [0.05, 0.1) is 5.69 Å². The lowest BCUT2D eigenvalue weighted by atomic mass is 10.3. The molecule has 98 valence electrons. The standard InChI is InChI=1S/C10H4BrF3N4O/c11-6-1-2-9(19-10(12,13)14)8(3-6)18-17-7(4-15)5-16/h1-3,18H. The van der Waals surface area contributed by atoms with Gasteiger partial charge in [-0.15, -0.1) is 13.2 Å². The van der Waals surface area contributed by atoms with E-state index in [1.807, 2.05) is 0 Å². The number of halogens is 4. The molecular weight excluding hydrogens is 329 g/mol. The fourth-order valence-electron chi connectivity index (χ4n) is 0.994. The van der Waals surface area contributed by atoms with Gasteiger partial charge in [-0.3, -0.25) is 5.43 Å². The summed E-state index contributed by atoms with van der Waals surface area (Å²) in [6, 6.07) is 6.57. The molecule has 0 heterocycles. The Morgan fingerprint density at radius 3 is 2.47 bits per heavy atom. The summed E-state index contributed by atoms with van der Waals surface area (Å²) in [5.74, 6) is -0.533. The Labute approximate surface area is 114 Å². The number of hydrazone groups is 1. The zero-order valence-electron chi connectivity index (χ0n) is 8.99. The lowest BCUT2D eigenvalue weighted by molar-refractivity contribution is -0.274. The third-order valence-corrected chi connectivity index (χ3v) is 2.16. The number of alkyl halides is 3. The molecule has 1 aromatic rings. The van der Waals surface area contributed by atoms with E-state index in [0.29, 0.717) is 4.47 Å². The fraction of sp³-hybridized carbons (Fsp3) is 0.100. The molecule has 0 atom stereocenters. The van der Waals surface area contributed by atoms with Gasteiger partial charge >= 0.3 is 6.36 Å². The van der Waals surface area contributed by atoms with Crippen LogP contribution in [0.1, 0.15) is 0 Å². The number of benzene rings is 1. The molecule has 0 unspecified atom stereocenters. The Balaban J connectivity index is 3.06. The van der Waals surface area contributed by atoms with Crippen LogP contribution in [0.3, 0.4) is 0 Å². The quantitative estimate of drug-likeness (QED) is 0.680. The molecule has 0 aromatic heterocycles. The van der Waals surface area contributed by atoms with Gasteiger partial charge in [0, 0.05) is 4.47 Å². The zero-order valence-corrected chi connectivity index (χ0v) is 10.6. The monoisotopic (exact) mass is 332 g/mol. The Bertz CT molecular complexity index is 570. The van der Waals surface area contributed by atoms with E-state index in [-0.39, 0.29) is 5.69 Å². The second-order valence-electron chi connectivity index (χ2n) is 2.98. The highest BCUT2D eigenvalue weighted by Crippen LogP contribution is 2.32. The average Bonchev–Trinajstić information content (AvgIpc) is 2.32. The highest BCUT2D eigenvalue weighted by atomic mass is 79.9. The van der Waals surface area contributed by atoms with Crippen LogP contribution < -0.4 is 10.2 Å². The molecule has 0 spiro atoms. The van der Waals surface area contributed by atoms with Crippen LogP contribution in [0.15, 0.2) is 27.8 Å². The summed E-state index contributed by atoms with van der Waals surface area (Å²) in [7, 11) is 0. The van der Waals surface area contributed by atoms with Crippen LogP contribution in [0.2, 0.25) is 0 Å². The van der Waals surface area contributed by atoms with Crippen molar-refractivity contribution in [1.29, 1.82) is 10.5 Å². The first-order chi connectivity index (χ1) is 8.85. The summed E-state index contributed by atoms with van der Waals surface area (Å²) in [4.78, 5) is 0. The highest BCUT2D eigenvalue weighted by molar-refractivity contribution is 9.10. The van der Waals surface area contributed by atoms with E-state index in [0.717, 1.165) is 6.07 Å². The van der Waals surface area contributed by atoms with Crippen LogP contribution in [0.4, 0.5) is 18.9 Å². The first kappa shape index (κ1) is 14.8. The van der Waals surface area contributed by atoms with Crippen LogP contribution in [0.5, 0.6) is 5.75 Å². The van der Waals surface area contributed by atoms with Gasteiger partial charge in [-0.2, -0.15) is 15.6 Å². The van der Waals surface area contributed by atoms with Gasteiger partial charge in [0.25, 0.3) is 0 Å². The van der Waals surface area contributed by atoms with Crippen LogP contribution in [-0.2, 0) is 0 Å². The van der Waals surface area contributed by atoms with Gasteiger partial charge in [0.2, 0.25) is 5.71 Å². The molecule has 0 aliphatic rings. The van der Waals surface area contributed by atoms with Crippen molar-refractivity contribution in [1.82, 2.24) is 0 Å². The third-order valence-electron chi connectivity index (χ3n) is 1.67. The number of ether oxygens (including phenoxy) is 1. The Morgan fingerprint density at radius 2 is 1.95 bits per heavy atom. The largest absolute Gasteiger partial charge is 0.573 e. The highest BCUT2D eigenvalue weighted by Gasteiger charge is 2.32. The number of nitrogens with zero attached hydrogens (tertiary/aromatic N) is 3. The molecule has 0 bridgehead atoms. The fourth-order valence-corrected chi connectivity index (χ4v) is 1.36.